The lowest BCUT2D eigenvalue weighted by Crippen LogP contribution is -2.14. The van der Waals surface area contributed by atoms with E-state index >= 15 is 0 Å². The first-order valence-corrected chi connectivity index (χ1v) is 5.82. The predicted octanol–water partition coefficient (Wildman–Crippen LogP) is 2.21. The Hall–Kier alpha value is -0.850. The largest absolute Gasteiger partial charge is 0.311 e. The van der Waals surface area contributed by atoms with Crippen molar-refractivity contribution in [3.05, 3.63) is 16.1 Å². The molecule has 76 valence electrons. The van der Waals surface area contributed by atoms with Crippen molar-refractivity contribution in [2.24, 2.45) is 0 Å². The molecule has 0 aliphatic rings. The van der Waals surface area contributed by atoms with Crippen LogP contribution in [0.5, 0.6) is 0 Å². The molecule has 2 nitrogen and oxygen atoms in total. The van der Waals surface area contributed by atoms with Gasteiger partial charge >= 0.3 is 0 Å². The monoisotopic (exact) mass is 208 g/mol. The van der Waals surface area contributed by atoms with E-state index in [9.17, 15) is 0 Å². The Morgan fingerprint density at radius 3 is 3.14 bits per heavy atom. The average Bonchev–Trinajstić information content (AvgIpc) is 2.65. The van der Waals surface area contributed by atoms with Crippen molar-refractivity contribution < 1.29 is 0 Å². The molecule has 0 aliphatic heterocycles. The summed E-state index contributed by atoms with van der Waals surface area (Å²) in [6.07, 6.45) is 8.08. The molecule has 0 amide bonds. The molecule has 0 unspecified atom stereocenters. The van der Waals surface area contributed by atoms with Crippen LogP contribution >= 0.6 is 11.3 Å². The van der Waals surface area contributed by atoms with Gasteiger partial charge in [0, 0.05) is 18.3 Å². The molecule has 0 spiro atoms. The number of hydrogen-bond donors (Lipinski definition) is 1. The molecule has 0 fully saturated rings. The highest BCUT2D eigenvalue weighted by Crippen LogP contribution is 2.09. The molecule has 0 saturated carbocycles. The Kier molecular flexibility index (Phi) is 5.28. The highest BCUT2D eigenvalue weighted by molar-refractivity contribution is 7.09. The van der Waals surface area contributed by atoms with Gasteiger partial charge in [-0.05, 0) is 19.4 Å². The standard InChI is InChI=1S/C11H16N2S/c1-3-5-6-7-12-8-10-9-14-11(4-2)13-10/h1,9,12H,4-8H2,2H3. The fourth-order valence-corrected chi connectivity index (χ4v) is 1.87. The van der Waals surface area contributed by atoms with Gasteiger partial charge in [0.15, 0.2) is 0 Å². The number of thiazole rings is 1. The van der Waals surface area contributed by atoms with Crippen LogP contribution in [0.3, 0.4) is 0 Å². The number of hydrogen-bond acceptors (Lipinski definition) is 3. The molecule has 3 heteroatoms. The summed E-state index contributed by atoms with van der Waals surface area (Å²) in [4.78, 5) is 4.46. The quantitative estimate of drug-likeness (QED) is 0.572. The van der Waals surface area contributed by atoms with E-state index in [1.165, 1.54) is 5.01 Å². The molecule has 1 rings (SSSR count). The van der Waals surface area contributed by atoms with E-state index < -0.39 is 0 Å². The molecule has 1 N–H and O–H groups in total. The molecule has 0 atom stereocenters. The van der Waals surface area contributed by atoms with Gasteiger partial charge in [-0.15, -0.1) is 23.7 Å². The summed E-state index contributed by atoms with van der Waals surface area (Å²) in [5, 5.41) is 6.65. The second-order valence-electron chi connectivity index (χ2n) is 3.07. The number of unbranched alkanes of at least 4 members (excludes halogenated alkanes) is 1. The van der Waals surface area contributed by atoms with Crippen LogP contribution in [0.2, 0.25) is 0 Å². The van der Waals surface area contributed by atoms with E-state index in [-0.39, 0.29) is 0 Å². The van der Waals surface area contributed by atoms with Crippen molar-refractivity contribution in [3.8, 4) is 12.3 Å². The van der Waals surface area contributed by atoms with Gasteiger partial charge in [0.05, 0.1) is 10.7 Å². The molecule has 14 heavy (non-hydrogen) atoms. The maximum atomic E-state index is 5.15. The second-order valence-corrected chi connectivity index (χ2v) is 4.01. The van der Waals surface area contributed by atoms with E-state index in [4.69, 9.17) is 6.42 Å². The van der Waals surface area contributed by atoms with Crippen molar-refractivity contribution in [3.63, 3.8) is 0 Å². The summed E-state index contributed by atoms with van der Waals surface area (Å²) in [6.45, 7) is 3.97. The molecule has 0 bridgehead atoms. The van der Waals surface area contributed by atoms with Crippen LogP contribution in [0.1, 0.15) is 30.5 Å². The predicted molar refractivity (Wildman–Crippen MR) is 61.3 cm³/mol. The SMILES string of the molecule is C#CCCCNCc1csc(CC)n1. The molecule has 0 aliphatic carbocycles. The van der Waals surface area contributed by atoms with Gasteiger partial charge in [0.1, 0.15) is 0 Å². The minimum absolute atomic E-state index is 0.851. The summed E-state index contributed by atoms with van der Waals surface area (Å²) in [7, 11) is 0. The van der Waals surface area contributed by atoms with Gasteiger partial charge in [-0.3, -0.25) is 0 Å². The van der Waals surface area contributed by atoms with E-state index in [1.807, 2.05) is 0 Å². The highest BCUT2D eigenvalue weighted by Gasteiger charge is 1.98. The molecule has 0 radical (unpaired) electrons. The third-order valence-electron chi connectivity index (χ3n) is 1.88. The van der Waals surface area contributed by atoms with Crippen LogP contribution in [-0.2, 0) is 13.0 Å². The normalized spacial score (nSPS) is 10.0. The summed E-state index contributed by atoms with van der Waals surface area (Å²) in [5.74, 6) is 2.63. The van der Waals surface area contributed by atoms with E-state index in [0.717, 1.165) is 38.0 Å². The minimum atomic E-state index is 0.851. The Balaban J connectivity index is 2.15. The first kappa shape index (κ1) is 11.2. The fourth-order valence-electron chi connectivity index (χ4n) is 1.12. The Morgan fingerprint density at radius 2 is 2.50 bits per heavy atom. The van der Waals surface area contributed by atoms with Crippen molar-refractivity contribution in [1.29, 1.82) is 0 Å². The van der Waals surface area contributed by atoms with Crippen LogP contribution < -0.4 is 5.32 Å². The van der Waals surface area contributed by atoms with Crippen molar-refractivity contribution in [2.75, 3.05) is 6.54 Å². The van der Waals surface area contributed by atoms with Crippen molar-refractivity contribution in [2.45, 2.75) is 32.7 Å². The van der Waals surface area contributed by atoms with Crippen LogP contribution in [0.25, 0.3) is 0 Å². The topological polar surface area (TPSA) is 24.9 Å². The van der Waals surface area contributed by atoms with Crippen molar-refractivity contribution >= 4 is 11.3 Å². The van der Waals surface area contributed by atoms with E-state index in [0.29, 0.717) is 0 Å². The Morgan fingerprint density at radius 1 is 1.64 bits per heavy atom. The van der Waals surface area contributed by atoms with Crippen LogP contribution in [0.15, 0.2) is 5.38 Å². The van der Waals surface area contributed by atoms with Crippen molar-refractivity contribution in [1.82, 2.24) is 10.3 Å². The zero-order valence-corrected chi connectivity index (χ0v) is 9.36. The molecule has 1 aromatic heterocycles. The summed E-state index contributed by atoms with van der Waals surface area (Å²) in [6, 6.07) is 0. The van der Waals surface area contributed by atoms with E-state index in [2.05, 4.69) is 28.5 Å². The Bertz CT molecular complexity index is 298. The Labute approximate surface area is 89.8 Å². The lowest BCUT2D eigenvalue weighted by Gasteiger charge is -1.99. The first-order chi connectivity index (χ1) is 6.86. The molecular formula is C11H16N2S. The van der Waals surface area contributed by atoms with Crippen LogP contribution in [-0.4, -0.2) is 11.5 Å². The van der Waals surface area contributed by atoms with Gasteiger partial charge in [-0.25, -0.2) is 4.98 Å². The van der Waals surface area contributed by atoms with Gasteiger partial charge in [0.25, 0.3) is 0 Å². The highest BCUT2D eigenvalue weighted by atomic mass is 32.1. The zero-order valence-electron chi connectivity index (χ0n) is 8.55. The maximum Gasteiger partial charge on any atom is 0.0926 e. The lowest BCUT2D eigenvalue weighted by molar-refractivity contribution is 0.650. The maximum absolute atomic E-state index is 5.15. The van der Waals surface area contributed by atoms with Gasteiger partial charge in [-0.2, -0.15) is 0 Å². The van der Waals surface area contributed by atoms with Gasteiger partial charge < -0.3 is 5.32 Å². The summed E-state index contributed by atoms with van der Waals surface area (Å²) >= 11 is 1.73. The minimum Gasteiger partial charge on any atom is -0.311 e. The molecular weight excluding hydrogens is 192 g/mol. The van der Waals surface area contributed by atoms with Gasteiger partial charge in [-0.1, -0.05) is 6.92 Å². The zero-order chi connectivity index (χ0) is 10.2. The van der Waals surface area contributed by atoms with Crippen LogP contribution in [0.4, 0.5) is 0 Å². The summed E-state index contributed by atoms with van der Waals surface area (Å²) in [5.41, 5.74) is 1.15. The fraction of sp³-hybridized carbons (Fsp3) is 0.545. The molecule has 0 saturated heterocycles. The first-order valence-electron chi connectivity index (χ1n) is 4.94. The third kappa shape index (κ3) is 3.91. The number of terminal acetylenes is 1. The number of rotatable bonds is 6. The number of aryl methyl sites for hydroxylation is 1. The summed E-state index contributed by atoms with van der Waals surface area (Å²) < 4.78 is 0. The number of aromatic nitrogens is 1. The van der Waals surface area contributed by atoms with Gasteiger partial charge in [0.2, 0.25) is 0 Å². The number of nitrogens with zero attached hydrogens (tertiary/aromatic N) is 1. The molecule has 1 heterocycles. The molecule has 1 aromatic rings. The molecule has 0 aromatic carbocycles. The second kappa shape index (κ2) is 6.58. The third-order valence-corrected chi connectivity index (χ3v) is 2.92. The number of nitrogens with one attached hydrogen (secondary N) is 1. The van der Waals surface area contributed by atoms with E-state index in [1.54, 1.807) is 11.3 Å². The van der Waals surface area contributed by atoms with Crippen LogP contribution in [0, 0.1) is 12.3 Å². The smallest absolute Gasteiger partial charge is 0.0926 e. The lowest BCUT2D eigenvalue weighted by atomic mass is 10.3. The average molecular weight is 208 g/mol.